The molecule has 0 aromatic heterocycles. The minimum Gasteiger partial charge on any atom is -0.326 e. The number of carbonyl (C=O) groups is 3. The van der Waals surface area contributed by atoms with Crippen LogP contribution >= 0.6 is 0 Å². The summed E-state index contributed by atoms with van der Waals surface area (Å²) in [5.74, 6) is -0.317. The van der Waals surface area contributed by atoms with E-state index in [4.69, 9.17) is 0 Å². The number of nitrogens with zero attached hydrogens (tertiary/aromatic N) is 1. The molecule has 3 aliphatic rings. The third kappa shape index (κ3) is 2.27. The third-order valence-electron chi connectivity index (χ3n) is 5.18. The summed E-state index contributed by atoms with van der Waals surface area (Å²) in [4.78, 5) is 38.3. The molecular formula is C18H18N2O3. The van der Waals surface area contributed by atoms with Crippen LogP contribution in [0.4, 0.5) is 5.69 Å². The number of allylic oxidation sites excluding steroid dienone is 2. The van der Waals surface area contributed by atoms with Gasteiger partial charge in [0.1, 0.15) is 0 Å². The molecule has 4 atom stereocenters. The van der Waals surface area contributed by atoms with E-state index in [0.717, 1.165) is 12.1 Å². The van der Waals surface area contributed by atoms with Gasteiger partial charge in [0.15, 0.2) is 0 Å². The molecule has 5 nitrogen and oxygen atoms in total. The molecule has 1 saturated carbocycles. The van der Waals surface area contributed by atoms with Gasteiger partial charge in [-0.05, 0) is 30.4 Å². The first kappa shape index (κ1) is 14.2. The monoisotopic (exact) mass is 310 g/mol. The van der Waals surface area contributed by atoms with Gasteiger partial charge in [0.25, 0.3) is 0 Å². The van der Waals surface area contributed by atoms with Gasteiger partial charge in [-0.25, -0.2) is 0 Å². The van der Waals surface area contributed by atoms with E-state index in [2.05, 4.69) is 17.5 Å². The molecule has 0 radical (unpaired) electrons. The summed E-state index contributed by atoms with van der Waals surface area (Å²) in [6.45, 7) is 0.169. The van der Waals surface area contributed by atoms with Crippen LogP contribution in [0.5, 0.6) is 0 Å². The molecule has 3 amide bonds. The van der Waals surface area contributed by atoms with Crippen molar-refractivity contribution in [1.29, 1.82) is 0 Å². The maximum absolute atomic E-state index is 12.5. The molecule has 1 N–H and O–H groups in total. The summed E-state index contributed by atoms with van der Waals surface area (Å²) in [5, 5.41) is 2.78. The van der Waals surface area contributed by atoms with Gasteiger partial charge < -0.3 is 5.32 Å². The van der Waals surface area contributed by atoms with Gasteiger partial charge in [0, 0.05) is 18.7 Å². The van der Waals surface area contributed by atoms with Crippen molar-refractivity contribution in [2.45, 2.75) is 12.8 Å². The van der Waals surface area contributed by atoms with E-state index in [1.807, 2.05) is 18.2 Å². The van der Waals surface area contributed by atoms with Crippen LogP contribution in [-0.2, 0) is 14.4 Å². The zero-order valence-electron chi connectivity index (χ0n) is 12.6. The number of carbonyl (C=O) groups excluding carboxylic acids is 3. The van der Waals surface area contributed by atoms with Gasteiger partial charge in [-0.1, -0.05) is 30.4 Å². The maximum atomic E-state index is 12.5. The standard InChI is InChI=1S/C18H18N2O3/c21-14(19-13-4-2-1-3-5-13)8-9-20-17(22)15-11-6-7-12(10-11)16(15)18(20)23/h1-7,11-12,15-16H,8-10H2,(H,19,21)/t11-,12-,15-,16-/m0/s1. The van der Waals surface area contributed by atoms with E-state index in [-0.39, 0.29) is 54.4 Å². The minimum absolute atomic E-state index is 0.0932. The van der Waals surface area contributed by atoms with Gasteiger partial charge in [0.05, 0.1) is 11.8 Å². The Hall–Kier alpha value is -2.43. The number of hydrogen-bond donors (Lipinski definition) is 1. The number of likely N-dealkylation sites (tertiary alicyclic amines) is 1. The average Bonchev–Trinajstić information content (AvgIpc) is 3.22. The largest absolute Gasteiger partial charge is 0.326 e. The number of nitrogens with one attached hydrogen (secondary N) is 1. The lowest BCUT2D eigenvalue weighted by atomic mass is 9.85. The van der Waals surface area contributed by atoms with Crippen molar-refractivity contribution < 1.29 is 14.4 Å². The highest BCUT2D eigenvalue weighted by molar-refractivity contribution is 6.06. The normalized spacial score (nSPS) is 30.9. The molecule has 1 aliphatic heterocycles. The number of para-hydroxylation sites is 1. The Balaban J connectivity index is 1.38. The van der Waals surface area contributed by atoms with E-state index < -0.39 is 0 Å². The molecule has 1 heterocycles. The smallest absolute Gasteiger partial charge is 0.233 e. The lowest BCUT2D eigenvalue weighted by Gasteiger charge is -2.16. The van der Waals surface area contributed by atoms with Crippen LogP contribution < -0.4 is 5.32 Å². The number of hydrogen-bond acceptors (Lipinski definition) is 3. The second-order valence-electron chi connectivity index (χ2n) is 6.49. The van der Waals surface area contributed by atoms with Gasteiger partial charge in [0.2, 0.25) is 17.7 Å². The summed E-state index contributed by atoms with van der Waals surface area (Å²) in [6.07, 6.45) is 5.20. The molecule has 1 aromatic rings. The fourth-order valence-electron chi connectivity index (χ4n) is 4.14. The number of rotatable bonds is 4. The average molecular weight is 310 g/mol. The maximum Gasteiger partial charge on any atom is 0.233 e. The molecule has 0 unspecified atom stereocenters. The summed E-state index contributed by atoms with van der Waals surface area (Å²) < 4.78 is 0. The Morgan fingerprint density at radius 1 is 1.04 bits per heavy atom. The molecule has 23 heavy (non-hydrogen) atoms. The van der Waals surface area contributed by atoms with E-state index in [0.29, 0.717) is 0 Å². The first-order valence-electron chi connectivity index (χ1n) is 8.03. The molecule has 0 spiro atoms. The number of imide groups is 1. The summed E-state index contributed by atoms with van der Waals surface area (Å²) >= 11 is 0. The van der Waals surface area contributed by atoms with E-state index in [1.54, 1.807) is 12.1 Å². The summed E-state index contributed by atoms with van der Waals surface area (Å²) in [7, 11) is 0. The van der Waals surface area contributed by atoms with Crippen molar-refractivity contribution in [3.8, 4) is 0 Å². The zero-order valence-corrected chi connectivity index (χ0v) is 12.6. The van der Waals surface area contributed by atoms with Crippen LogP contribution in [0.1, 0.15) is 12.8 Å². The third-order valence-corrected chi connectivity index (χ3v) is 5.18. The number of anilines is 1. The quantitative estimate of drug-likeness (QED) is 0.681. The molecule has 1 aromatic carbocycles. The predicted octanol–water partition coefficient (Wildman–Crippen LogP) is 1.82. The Labute approximate surface area is 134 Å². The lowest BCUT2D eigenvalue weighted by Crippen LogP contribution is -2.35. The molecule has 2 bridgehead atoms. The van der Waals surface area contributed by atoms with Gasteiger partial charge in [-0.2, -0.15) is 0 Å². The van der Waals surface area contributed by atoms with Crippen molar-refractivity contribution in [2.24, 2.45) is 23.7 Å². The van der Waals surface area contributed by atoms with Gasteiger partial charge in [-0.3, -0.25) is 19.3 Å². The Morgan fingerprint density at radius 3 is 2.26 bits per heavy atom. The molecule has 5 heteroatoms. The van der Waals surface area contributed by atoms with Gasteiger partial charge >= 0.3 is 0 Å². The Kier molecular flexibility index (Phi) is 3.29. The van der Waals surface area contributed by atoms with Crippen LogP contribution in [-0.4, -0.2) is 29.2 Å². The first-order valence-corrected chi connectivity index (χ1v) is 8.03. The van der Waals surface area contributed by atoms with Crippen molar-refractivity contribution in [2.75, 3.05) is 11.9 Å². The number of amides is 3. The van der Waals surface area contributed by atoms with Crippen LogP contribution in [0.3, 0.4) is 0 Å². The Bertz CT molecular complexity index is 667. The topological polar surface area (TPSA) is 66.5 Å². The Morgan fingerprint density at radius 2 is 1.65 bits per heavy atom. The minimum atomic E-state index is -0.185. The predicted molar refractivity (Wildman–Crippen MR) is 84.1 cm³/mol. The van der Waals surface area contributed by atoms with E-state index in [1.165, 1.54) is 4.90 Å². The molecule has 118 valence electrons. The van der Waals surface area contributed by atoms with Crippen molar-refractivity contribution >= 4 is 23.4 Å². The highest BCUT2D eigenvalue weighted by Crippen LogP contribution is 2.52. The van der Waals surface area contributed by atoms with Crippen LogP contribution in [0.25, 0.3) is 0 Å². The molecule has 2 fully saturated rings. The fourth-order valence-corrected chi connectivity index (χ4v) is 4.14. The van der Waals surface area contributed by atoms with Crippen LogP contribution in [0.15, 0.2) is 42.5 Å². The van der Waals surface area contributed by atoms with Crippen LogP contribution in [0.2, 0.25) is 0 Å². The summed E-state index contributed by atoms with van der Waals surface area (Å²) in [5.41, 5.74) is 0.718. The van der Waals surface area contributed by atoms with E-state index >= 15 is 0 Å². The number of benzene rings is 1. The molecule has 2 aliphatic carbocycles. The van der Waals surface area contributed by atoms with Crippen molar-refractivity contribution in [1.82, 2.24) is 4.90 Å². The fraction of sp³-hybridized carbons (Fsp3) is 0.389. The number of fused-ring (bicyclic) bond motifs is 5. The SMILES string of the molecule is O=C(CCN1C(=O)[C@@H]2[C@@H](C1=O)[C@H]1C=C[C@H]2C1)Nc1ccccc1. The van der Waals surface area contributed by atoms with Crippen molar-refractivity contribution in [3.63, 3.8) is 0 Å². The second kappa shape index (κ2) is 5.33. The van der Waals surface area contributed by atoms with Crippen LogP contribution in [0, 0.1) is 23.7 Å². The van der Waals surface area contributed by atoms with E-state index in [9.17, 15) is 14.4 Å². The highest BCUT2D eigenvalue weighted by Gasteiger charge is 2.58. The lowest BCUT2D eigenvalue weighted by molar-refractivity contribution is -0.140. The second-order valence-corrected chi connectivity index (χ2v) is 6.49. The summed E-state index contributed by atoms with van der Waals surface area (Å²) in [6, 6.07) is 9.16. The van der Waals surface area contributed by atoms with Gasteiger partial charge in [-0.15, -0.1) is 0 Å². The molecular weight excluding hydrogens is 292 g/mol. The van der Waals surface area contributed by atoms with Crippen molar-refractivity contribution in [3.05, 3.63) is 42.5 Å². The first-order chi connectivity index (χ1) is 11.1. The molecule has 1 saturated heterocycles. The molecule has 4 rings (SSSR count). The highest BCUT2D eigenvalue weighted by atomic mass is 16.2. The zero-order chi connectivity index (χ0) is 16.0.